The van der Waals surface area contributed by atoms with Crippen molar-refractivity contribution >= 4 is 29.1 Å². The predicted molar refractivity (Wildman–Crippen MR) is 102 cm³/mol. The largest absolute Gasteiger partial charge is 0.372 e. The highest BCUT2D eigenvalue weighted by Crippen LogP contribution is 2.17. The number of nitrogens with one attached hydrogen (secondary N) is 2. The van der Waals surface area contributed by atoms with Crippen LogP contribution in [-0.4, -0.2) is 55.3 Å². The van der Waals surface area contributed by atoms with Gasteiger partial charge in [-0.15, -0.1) is 0 Å². The van der Waals surface area contributed by atoms with E-state index < -0.39 is 11.8 Å². The van der Waals surface area contributed by atoms with Gasteiger partial charge in [-0.1, -0.05) is 0 Å². The molecule has 0 bridgehead atoms. The number of rotatable bonds is 8. The summed E-state index contributed by atoms with van der Waals surface area (Å²) in [5.41, 5.74) is 1.66. The van der Waals surface area contributed by atoms with Gasteiger partial charge in [0.2, 0.25) is 5.91 Å². The Morgan fingerprint density at radius 2 is 1.81 bits per heavy atom. The molecule has 3 amide bonds. The molecule has 0 spiro atoms. The number of hydrogen-bond donors (Lipinski definition) is 2. The van der Waals surface area contributed by atoms with Gasteiger partial charge in [0.05, 0.1) is 0 Å². The van der Waals surface area contributed by atoms with Crippen LogP contribution in [0.5, 0.6) is 0 Å². The Kier molecular flexibility index (Phi) is 7.44. The molecule has 7 heteroatoms. The molecule has 1 heterocycles. The van der Waals surface area contributed by atoms with Crippen molar-refractivity contribution in [2.45, 2.75) is 33.1 Å². The molecule has 0 unspecified atom stereocenters. The fourth-order valence-electron chi connectivity index (χ4n) is 3.02. The predicted octanol–water partition coefficient (Wildman–Crippen LogP) is 1.60. The van der Waals surface area contributed by atoms with Gasteiger partial charge in [-0.2, -0.15) is 0 Å². The van der Waals surface area contributed by atoms with Gasteiger partial charge in [-0.3, -0.25) is 14.4 Å². The minimum Gasteiger partial charge on any atom is -0.372 e. The summed E-state index contributed by atoms with van der Waals surface area (Å²) in [7, 11) is 0. The third-order valence-corrected chi connectivity index (χ3v) is 4.52. The van der Waals surface area contributed by atoms with Gasteiger partial charge in [0.15, 0.2) is 0 Å². The Bertz CT molecular complexity index is 626. The molecule has 0 radical (unpaired) electrons. The van der Waals surface area contributed by atoms with Crippen LogP contribution in [0.3, 0.4) is 0 Å². The first-order chi connectivity index (χ1) is 12.5. The fraction of sp³-hybridized carbons (Fsp3) is 0.526. The highest BCUT2D eigenvalue weighted by Gasteiger charge is 2.19. The molecule has 0 atom stereocenters. The van der Waals surface area contributed by atoms with E-state index in [-0.39, 0.29) is 5.91 Å². The van der Waals surface area contributed by atoms with Crippen molar-refractivity contribution in [1.82, 2.24) is 10.2 Å². The summed E-state index contributed by atoms with van der Waals surface area (Å²) in [5, 5.41) is 5.19. The maximum absolute atomic E-state index is 11.9. The van der Waals surface area contributed by atoms with Crippen LogP contribution in [0.4, 0.5) is 11.4 Å². The van der Waals surface area contributed by atoms with Crippen LogP contribution >= 0.6 is 0 Å². The molecule has 26 heavy (non-hydrogen) atoms. The lowest BCUT2D eigenvalue weighted by Gasteiger charge is -2.21. The summed E-state index contributed by atoms with van der Waals surface area (Å²) in [5.74, 6) is -1.18. The summed E-state index contributed by atoms with van der Waals surface area (Å²) in [6.07, 6.45) is 2.16. The molecular formula is C19H28N4O3. The van der Waals surface area contributed by atoms with E-state index >= 15 is 0 Å². The third-order valence-electron chi connectivity index (χ3n) is 4.52. The van der Waals surface area contributed by atoms with Crippen molar-refractivity contribution in [3.8, 4) is 0 Å². The standard InChI is InChI=1S/C19H28N4O3/c1-3-22(4-2)16-10-8-15(9-11-16)21-19(26)18(25)20-12-6-14-23-13-5-7-17(23)24/h8-11H,3-7,12-14H2,1-2H3,(H,20,25)(H,21,26). The fourth-order valence-corrected chi connectivity index (χ4v) is 3.02. The highest BCUT2D eigenvalue weighted by atomic mass is 16.2. The van der Waals surface area contributed by atoms with Crippen molar-refractivity contribution in [3.63, 3.8) is 0 Å². The topological polar surface area (TPSA) is 81.8 Å². The minimum absolute atomic E-state index is 0.169. The first kappa shape index (κ1) is 19.8. The van der Waals surface area contributed by atoms with E-state index in [1.54, 1.807) is 17.0 Å². The zero-order valence-corrected chi connectivity index (χ0v) is 15.6. The lowest BCUT2D eigenvalue weighted by Crippen LogP contribution is -2.37. The lowest BCUT2D eigenvalue weighted by molar-refractivity contribution is -0.136. The van der Waals surface area contributed by atoms with Crippen LogP contribution in [0.2, 0.25) is 0 Å². The molecule has 7 nitrogen and oxygen atoms in total. The van der Waals surface area contributed by atoms with Crippen LogP contribution in [0.15, 0.2) is 24.3 Å². The maximum Gasteiger partial charge on any atom is 0.313 e. The van der Waals surface area contributed by atoms with Gasteiger partial charge in [0.1, 0.15) is 0 Å². The Morgan fingerprint density at radius 1 is 1.12 bits per heavy atom. The van der Waals surface area contributed by atoms with E-state index in [1.165, 1.54) is 0 Å². The molecule has 0 saturated carbocycles. The van der Waals surface area contributed by atoms with Crippen molar-refractivity contribution in [2.75, 3.05) is 42.9 Å². The van der Waals surface area contributed by atoms with Crippen molar-refractivity contribution in [3.05, 3.63) is 24.3 Å². The van der Waals surface area contributed by atoms with Gasteiger partial charge >= 0.3 is 11.8 Å². The van der Waals surface area contributed by atoms with Gasteiger partial charge in [-0.05, 0) is 51.0 Å². The summed E-state index contributed by atoms with van der Waals surface area (Å²) >= 11 is 0. The van der Waals surface area contributed by atoms with Gasteiger partial charge < -0.3 is 20.4 Å². The molecule has 1 saturated heterocycles. The molecule has 1 aromatic carbocycles. The van der Waals surface area contributed by atoms with E-state index in [0.717, 1.165) is 31.7 Å². The van der Waals surface area contributed by atoms with Gasteiger partial charge in [0, 0.05) is 50.5 Å². The molecule has 1 aliphatic rings. The SMILES string of the molecule is CCN(CC)c1ccc(NC(=O)C(=O)NCCCN2CCCC2=O)cc1. The molecule has 1 aliphatic heterocycles. The van der Waals surface area contributed by atoms with Crippen molar-refractivity contribution in [1.29, 1.82) is 0 Å². The monoisotopic (exact) mass is 360 g/mol. The van der Waals surface area contributed by atoms with Gasteiger partial charge in [-0.25, -0.2) is 0 Å². The molecule has 2 N–H and O–H groups in total. The van der Waals surface area contributed by atoms with E-state index in [0.29, 0.717) is 31.6 Å². The zero-order chi connectivity index (χ0) is 18.9. The molecule has 1 aromatic rings. The van der Waals surface area contributed by atoms with Crippen molar-refractivity contribution in [2.24, 2.45) is 0 Å². The Labute approximate surface area is 154 Å². The average Bonchev–Trinajstić information content (AvgIpc) is 3.06. The van der Waals surface area contributed by atoms with Crippen LogP contribution in [-0.2, 0) is 14.4 Å². The Morgan fingerprint density at radius 3 is 2.38 bits per heavy atom. The van der Waals surface area contributed by atoms with Crippen molar-refractivity contribution < 1.29 is 14.4 Å². The van der Waals surface area contributed by atoms with E-state index in [4.69, 9.17) is 0 Å². The summed E-state index contributed by atoms with van der Waals surface area (Å²) in [6.45, 7) is 7.77. The number of carbonyl (C=O) groups excluding carboxylic acids is 3. The van der Waals surface area contributed by atoms with E-state index in [9.17, 15) is 14.4 Å². The summed E-state index contributed by atoms with van der Waals surface area (Å²) in [6, 6.07) is 7.43. The van der Waals surface area contributed by atoms with Crippen LogP contribution in [0.1, 0.15) is 33.1 Å². The molecule has 0 aromatic heterocycles. The number of carbonyl (C=O) groups is 3. The Balaban J connectivity index is 1.72. The Hall–Kier alpha value is -2.57. The first-order valence-electron chi connectivity index (χ1n) is 9.27. The first-order valence-corrected chi connectivity index (χ1v) is 9.27. The summed E-state index contributed by atoms with van der Waals surface area (Å²) < 4.78 is 0. The number of anilines is 2. The maximum atomic E-state index is 11.9. The van der Waals surface area contributed by atoms with E-state index in [1.807, 2.05) is 12.1 Å². The number of benzene rings is 1. The number of amides is 3. The summed E-state index contributed by atoms with van der Waals surface area (Å²) in [4.78, 5) is 39.3. The molecule has 0 aliphatic carbocycles. The third kappa shape index (κ3) is 5.47. The molecular weight excluding hydrogens is 332 g/mol. The average molecular weight is 360 g/mol. The van der Waals surface area contributed by atoms with Gasteiger partial charge in [0.25, 0.3) is 0 Å². The minimum atomic E-state index is -0.683. The van der Waals surface area contributed by atoms with Crippen LogP contribution in [0.25, 0.3) is 0 Å². The zero-order valence-electron chi connectivity index (χ0n) is 15.6. The quantitative estimate of drug-likeness (QED) is 0.545. The van der Waals surface area contributed by atoms with Crippen LogP contribution in [0, 0.1) is 0 Å². The molecule has 2 rings (SSSR count). The second kappa shape index (κ2) is 9.79. The molecule has 1 fully saturated rings. The number of likely N-dealkylation sites (tertiary alicyclic amines) is 1. The lowest BCUT2D eigenvalue weighted by atomic mass is 10.2. The number of nitrogens with zero attached hydrogens (tertiary/aromatic N) is 2. The smallest absolute Gasteiger partial charge is 0.313 e. The second-order valence-electron chi connectivity index (χ2n) is 6.27. The highest BCUT2D eigenvalue weighted by molar-refractivity contribution is 6.39. The van der Waals surface area contributed by atoms with Crippen LogP contribution < -0.4 is 15.5 Å². The normalized spacial score (nSPS) is 13.6. The molecule has 142 valence electrons. The second-order valence-corrected chi connectivity index (χ2v) is 6.27. The number of hydrogen-bond acceptors (Lipinski definition) is 4. The van der Waals surface area contributed by atoms with E-state index in [2.05, 4.69) is 29.4 Å².